The van der Waals surface area contributed by atoms with Gasteiger partial charge in [-0.2, -0.15) is 0 Å². The standard InChI is InChI=1S/C15H28N4O4S/c1-5-17(6-2)15(21)19-8-7-18(14(20)9-16(3)4)12-10-24(22,23)11-13(12)19/h12-13H,5-11H2,1-4H3/t12-,13+/m0/s1. The van der Waals surface area contributed by atoms with E-state index in [9.17, 15) is 18.0 Å². The number of hydrogen-bond acceptors (Lipinski definition) is 5. The van der Waals surface area contributed by atoms with Crippen LogP contribution in [0.3, 0.4) is 0 Å². The highest BCUT2D eigenvalue weighted by atomic mass is 32.2. The predicted octanol–water partition coefficient (Wildman–Crippen LogP) is -0.680. The Labute approximate surface area is 144 Å². The van der Waals surface area contributed by atoms with Crippen LogP contribution in [-0.4, -0.2) is 110 Å². The summed E-state index contributed by atoms with van der Waals surface area (Å²) in [5, 5.41) is 0. The Kier molecular flexibility index (Phi) is 5.74. The smallest absolute Gasteiger partial charge is 0.320 e. The van der Waals surface area contributed by atoms with E-state index in [0.717, 1.165) is 0 Å². The van der Waals surface area contributed by atoms with Gasteiger partial charge in [0.2, 0.25) is 5.91 Å². The van der Waals surface area contributed by atoms with Gasteiger partial charge in [-0.1, -0.05) is 0 Å². The SMILES string of the molecule is CCN(CC)C(=O)N1CCN(C(=O)CN(C)C)[C@H]2CS(=O)(=O)C[C@H]21. The Morgan fingerprint density at radius 1 is 1.00 bits per heavy atom. The summed E-state index contributed by atoms with van der Waals surface area (Å²) >= 11 is 0. The van der Waals surface area contributed by atoms with E-state index in [1.54, 1.807) is 33.7 Å². The predicted molar refractivity (Wildman–Crippen MR) is 91.5 cm³/mol. The zero-order valence-corrected chi connectivity index (χ0v) is 15.8. The van der Waals surface area contributed by atoms with Gasteiger partial charge in [-0.25, -0.2) is 13.2 Å². The molecule has 0 radical (unpaired) electrons. The van der Waals surface area contributed by atoms with Crippen LogP contribution in [0, 0.1) is 0 Å². The molecule has 0 spiro atoms. The van der Waals surface area contributed by atoms with Crippen molar-refractivity contribution in [3.8, 4) is 0 Å². The molecule has 0 aromatic rings. The summed E-state index contributed by atoms with van der Waals surface area (Å²) in [6.07, 6.45) is 0. The number of rotatable bonds is 4. The summed E-state index contributed by atoms with van der Waals surface area (Å²) < 4.78 is 24.3. The van der Waals surface area contributed by atoms with Gasteiger partial charge in [0.1, 0.15) is 0 Å². The Bertz CT molecular complexity index is 588. The highest BCUT2D eigenvalue weighted by molar-refractivity contribution is 7.91. The molecule has 2 fully saturated rings. The molecule has 8 nitrogen and oxygen atoms in total. The van der Waals surface area contributed by atoms with Crippen molar-refractivity contribution in [2.75, 3.05) is 58.3 Å². The van der Waals surface area contributed by atoms with Gasteiger partial charge in [0.05, 0.1) is 30.1 Å². The third kappa shape index (κ3) is 3.83. The monoisotopic (exact) mass is 360 g/mol. The van der Waals surface area contributed by atoms with Gasteiger partial charge in [-0.3, -0.25) is 4.79 Å². The van der Waals surface area contributed by atoms with Gasteiger partial charge in [0.25, 0.3) is 0 Å². The minimum Gasteiger partial charge on any atom is -0.334 e. The van der Waals surface area contributed by atoms with E-state index < -0.39 is 21.9 Å². The average molecular weight is 360 g/mol. The first-order valence-corrected chi connectivity index (χ1v) is 10.2. The van der Waals surface area contributed by atoms with Crippen LogP contribution in [0.1, 0.15) is 13.8 Å². The Morgan fingerprint density at radius 3 is 2.00 bits per heavy atom. The first kappa shape index (κ1) is 19.0. The molecule has 24 heavy (non-hydrogen) atoms. The first-order valence-electron chi connectivity index (χ1n) is 8.40. The number of carbonyl (C=O) groups excluding carboxylic acids is 2. The molecule has 138 valence electrons. The maximum Gasteiger partial charge on any atom is 0.320 e. The van der Waals surface area contributed by atoms with Crippen LogP contribution in [0.15, 0.2) is 0 Å². The number of hydrogen-bond donors (Lipinski definition) is 0. The van der Waals surface area contributed by atoms with E-state index in [2.05, 4.69) is 0 Å². The quantitative estimate of drug-likeness (QED) is 0.664. The van der Waals surface area contributed by atoms with Gasteiger partial charge < -0.3 is 19.6 Å². The molecule has 9 heteroatoms. The van der Waals surface area contributed by atoms with E-state index >= 15 is 0 Å². The summed E-state index contributed by atoms with van der Waals surface area (Å²) in [4.78, 5) is 31.9. The Morgan fingerprint density at radius 2 is 1.50 bits per heavy atom. The van der Waals surface area contributed by atoms with Crippen molar-refractivity contribution in [1.82, 2.24) is 19.6 Å². The Balaban J connectivity index is 2.24. The molecule has 2 rings (SSSR count). The van der Waals surface area contributed by atoms with E-state index in [1.165, 1.54) is 0 Å². The summed E-state index contributed by atoms with van der Waals surface area (Å²) in [6, 6.07) is -1.01. The first-order chi connectivity index (χ1) is 11.2. The normalized spacial score (nSPS) is 25.7. The van der Waals surface area contributed by atoms with Crippen LogP contribution in [0.5, 0.6) is 0 Å². The van der Waals surface area contributed by atoms with Gasteiger partial charge >= 0.3 is 6.03 Å². The molecule has 0 saturated carbocycles. The molecular formula is C15H28N4O4S. The molecule has 2 saturated heterocycles. The Hall–Kier alpha value is -1.35. The second kappa shape index (κ2) is 7.26. The molecule has 2 aliphatic rings. The lowest BCUT2D eigenvalue weighted by Gasteiger charge is -2.45. The van der Waals surface area contributed by atoms with Gasteiger partial charge in [0, 0.05) is 26.2 Å². The highest BCUT2D eigenvalue weighted by Gasteiger charge is 2.49. The van der Waals surface area contributed by atoms with Crippen LogP contribution in [0.2, 0.25) is 0 Å². The van der Waals surface area contributed by atoms with Crippen LogP contribution < -0.4 is 0 Å². The van der Waals surface area contributed by atoms with Crippen molar-refractivity contribution < 1.29 is 18.0 Å². The molecular weight excluding hydrogens is 332 g/mol. The number of amides is 3. The molecule has 0 aliphatic carbocycles. The highest BCUT2D eigenvalue weighted by Crippen LogP contribution is 2.28. The fourth-order valence-electron chi connectivity index (χ4n) is 3.54. The minimum absolute atomic E-state index is 0.0567. The second-order valence-electron chi connectivity index (χ2n) is 6.68. The minimum atomic E-state index is -3.25. The number of carbonyl (C=O) groups is 2. The molecule has 0 unspecified atom stereocenters. The van der Waals surface area contributed by atoms with E-state index in [4.69, 9.17) is 0 Å². The van der Waals surface area contributed by atoms with Gasteiger partial charge in [-0.05, 0) is 27.9 Å². The number of piperazine rings is 1. The average Bonchev–Trinajstić information content (AvgIpc) is 2.81. The molecule has 0 bridgehead atoms. The number of urea groups is 1. The maximum absolute atomic E-state index is 12.7. The fraction of sp³-hybridized carbons (Fsp3) is 0.867. The zero-order valence-electron chi connectivity index (χ0n) is 14.9. The van der Waals surface area contributed by atoms with Gasteiger partial charge in [0.15, 0.2) is 9.84 Å². The van der Waals surface area contributed by atoms with Crippen LogP contribution >= 0.6 is 0 Å². The number of sulfone groups is 1. The second-order valence-corrected chi connectivity index (χ2v) is 8.84. The lowest BCUT2D eigenvalue weighted by Crippen LogP contribution is -2.64. The number of likely N-dealkylation sites (N-methyl/N-ethyl adjacent to an activating group) is 1. The molecule has 3 amide bonds. The number of nitrogens with zero attached hydrogens (tertiary/aromatic N) is 4. The van der Waals surface area contributed by atoms with Gasteiger partial charge in [-0.15, -0.1) is 0 Å². The zero-order chi connectivity index (χ0) is 18.1. The van der Waals surface area contributed by atoms with Crippen molar-refractivity contribution in [2.45, 2.75) is 25.9 Å². The van der Waals surface area contributed by atoms with E-state index in [-0.39, 0.29) is 30.0 Å². The van der Waals surface area contributed by atoms with Crippen molar-refractivity contribution in [3.63, 3.8) is 0 Å². The van der Waals surface area contributed by atoms with E-state index in [1.807, 2.05) is 13.8 Å². The lowest BCUT2D eigenvalue weighted by molar-refractivity contribution is -0.137. The molecule has 2 aliphatic heterocycles. The molecule has 2 atom stereocenters. The van der Waals surface area contributed by atoms with Crippen LogP contribution in [0.4, 0.5) is 4.79 Å². The molecule has 2 heterocycles. The van der Waals surface area contributed by atoms with Crippen LogP contribution in [0.25, 0.3) is 0 Å². The maximum atomic E-state index is 12.7. The summed E-state index contributed by atoms with van der Waals surface area (Å²) in [6.45, 7) is 5.98. The summed E-state index contributed by atoms with van der Waals surface area (Å²) in [5.74, 6) is -0.197. The van der Waals surface area contributed by atoms with Crippen LogP contribution in [-0.2, 0) is 14.6 Å². The summed E-state index contributed by atoms with van der Waals surface area (Å²) in [7, 11) is 0.364. The third-order valence-electron chi connectivity index (χ3n) is 4.73. The molecule has 0 N–H and O–H groups in total. The topological polar surface area (TPSA) is 81.2 Å². The fourth-order valence-corrected chi connectivity index (χ4v) is 5.52. The molecule has 0 aromatic carbocycles. The number of fused-ring (bicyclic) bond motifs is 1. The summed E-state index contributed by atoms with van der Waals surface area (Å²) in [5.41, 5.74) is 0. The van der Waals surface area contributed by atoms with Crippen molar-refractivity contribution in [2.24, 2.45) is 0 Å². The van der Waals surface area contributed by atoms with Crippen molar-refractivity contribution in [1.29, 1.82) is 0 Å². The largest absolute Gasteiger partial charge is 0.334 e. The van der Waals surface area contributed by atoms with Crippen molar-refractivity contribution >= 4 is 21.8 Å². The molecule has 0 aromatic heterocycles. The lowest BCUT2D eigenvalue weighted by atomic mass is 10.0. The van der Waals surface area contributed by atoms with Crippen molar-refractivity contribution in [3.05, 3.63) is 0 Å². The van der Waals surface area contributed by atoms with E-state index in [0.29, 0.717) is 26.2 Å². The third-order valence-corrected chi connectivity index (χ3v) is 6.43.